The third-order valence-electron chi connectivity index (χ3n) is 6.18. The van der Waals surface area contributed by atoms with Crippen molar-refractivity contribution in [2.45, 2.75) is 45.9 Å². The van der Waals surface area contributed by atoms with Crippen LogP contribution in [0.1, 0.15) is 43.1 Å². The molecule has 1 N–H and O–H groups in total. The van der Waals surface area contributed by atoms with Crippen LogP contribution in [-0.4, -0.2) is 77.6 Å². The van der Waals surface area contributed by atoms with Crippen molar-refractivity contribution in [2.24, 2.45) is 5.92 Å². The van der Waals surface area contributed by atoms with Crippen molar-refractivity contribution in [1.29, 1.82) is 0 Å². The van der Waals surface area contributed by atoms with Crippen LogP contribution < -0.4 is 10.1 Å². The number of carbonyl (C=O) groups is 2. The van der Waals surface area contributed by atoms with Crippen LogP contribution in [0.5, 0.6) is 5.75 Å². The maximum absolute atomic E-state index is 13.3. The van der Waals surface area contributed by atoms with E-state index >= 15 is 0 Å². The molecule has 0 unspecified atom stereocenters. The molecule has 0 aliphatic carbocycles. The Balaban J connectivity index is 1.94. The van der Waals surface area contributed by atoms with Crippen LogP contribution in [0.15, 0.2) is 36.9 Å². The fourth-order valence-electron chi connectivity index (χ4n) is 4.04. The number of carbonyl (C=O) groups excluding carboxylic acids is 2. The molecule has 2 amide bonds. The number of benzene rings is 1. The monoisotopic (exact) mass is 469 g/mol. The molecule has 1 aliphatic rings. The van der Waals surface area contributed by atoms with Gasteiger partial charge in [0, 0.05) is 76.0 Å². The number of nitrogens with one attached hydrogen (secondary N) is 1. The molecule has 34 heavy (non-hydrogen) atoms. The van der Waals surface area contributed by atoms with Gasteiger partial charge in [-0.1, -0.05) is 13.8 Å². The van der Waals surface area contributed by atoms with Crippen molar-refractivity contribution in [3.8, 4) is 5.75 Å². The molecule has 184 valence electrons. The van der Waals surface area contributed by atoms with Crippen molar-refractivity contribution in [1.82, 2.24) is 19.8 Å². The van der Waals surface area contributed by atoms with Gasteiger partial charge in [0.15, 0.2) is 0 Å². The van der Waals surface area contributed by atoms with Crippen LogP contribution in [0.3, 0.4) is 0 Å². The van der Waals surface area contributed by atoms with E-state index in [4.69, 9.17) is 9.47 Å². The molecule has 1 aromatic heterocycles. The van der Waals surface area contributed by atoms with Crippen molar-refractivity contribution < 1.29 is 19.1 Å². The highest BCUT2D eigenvalue weighted by molar-refractivity contribution is 5.98. The average molecular weight is 470 g/mol. The number of likely N-dealkylation sites (N-methyl/N-ethyl adjacent to an activating group) is 1. The predicted molar refractivity (Wildman–Crippen MR) is 130 cm³/mol. The molecule has 0 spiro atoms. The van der Waals surface area contributed by atoms with Gasteiger partial charge in [0.05, 0.1) is 11.7 Å². The van der Waals surface area contributed by atoms with E-state index in [0.29, 0.717) is 43.1 Å². The lowest BCUT2D eigenvalue weighted by molar-refractivity contribution is -0.115. The Bertz CT molecular complexity index is 971. The Morgan fingerprint density at radius 1 is 1.24 bits per heavy atom. The zero-order valence-electron chi connectivity index (χ0n) is 20.7. The zero-order chi connectivity index (χ0) is 24.7. The zero-order valence-corrected chi connectivity index (χ0v) is 20.7. The van der Waals surface area contributed by atoms with E-state index in [0.717, 1.165) is 12.1 Å². The molecule has 0 fully saturated rings. The van der Waals surface area contributed by atoms with Crippen LogP contribution in [0, 0.1) is 5.92 Å². The number of rotatable bonds is 5. The lowest BCUT2D eigenvalue weighted by Crippen LogP contribution is -2.46. The fraction of sp³-hybridized carbons (Fsp3) is 0.520. The van der Waals surface area contributed by atoms with Crippen molar-refractivity contribution in [3.05, 3.63) is 48.0 Å². The maximum atomic E-state index is 13.3. The summed E-state index contributed by atoms with van der Waals surface area (Å²) in [7, 11) is 3.45. The number of fused-ring (bicyclic) bond motifs is 1. The minimum absolute atomic E-state index is 0.0363. The van der Waals surface area contributed by atoms with Gasteiger partial charge >= 0.3 is 0 Å². The van der Waals surface area contributed by atoms with Gasteiger partial charge in [-0.25, -0.2) is 9.97 Å². The summed E-state index contributed by atoms with van der Waals surface area (Å²) in [5, 5.41) is 2.84. The minimum Gasteiger partial charge on any atom is -0.491 e. The van der Waals surface area contributed by atoms with E-state index in [1.807, 2.05) is 12.4 Å². The molecule has 0 bridgehead atoms. The van der Waals surface area contributed by atoms with Gasteiger partial charge in [-0.15, -0.1) is 0 Å². The van der Waals surface area contributed by atoms with E-state index < -0.39 is 0 Å². The van der Waals surface area contributed by atoms with Gasteiger partial charge in [0.2, 0.25) is 5.91 Å². The molecule has 9 nitrogen and oxygen atoms in total. The highest BCUT2D eigenvalue weighted by Gasteiger charge is 2.28. The lowest BCUT2D eigenvalue weighted by Gasteiger charge is -2.36. The van der Waals surface area contributed by atoms with Crippen molar-refractivity contribution in [3.63, 3.8) is 0 Å². The number of ether oxygens (including phenoxy) is 2. The Labute approximate surface area is 201 Å². The van der Waals surface area contributed by atoms with E-state index in [1.54, 1.807) is 44.2 Å². The van der Waals surface area contributed by atoms with Gasteiger partial charge in [-0.3, -0.25) is 14.5 Å². The molecular weight excluding hydrogens is 434 g/mol. The Morgan fingerprint density at radius 2 is 1.97 bits per heavy atom. The third kappa shape index (κ3) is 6.51. The normalized spacial score (nSPS) is 22.2. The Morgan fingerprint density at radius 3 is 2.65 bits per heavy atom. The summed E-state index contributed by atoms with van der Waals surface area (Å²) in [4.78, 5) is 37.4. The smallest absolute Gasteiger partial charge is 0.257 e. The summed E-state index contributed by atoms with van der Waals surface area (Å²) in [5.74, 6) is 0.364. The fourth-order valence-corrected chi connectivity index (χ4v) is 4.04. The maximum Gasteiger partial charge on any atom is 0.257 e. The number of hydrogen-bond acceptors (Lipinski definition) is 7. The molecule has 3 atom stereocenters. The van der Waals surface area contributed by atoms with Gasteiger partial charge in [0.25, 0.3) is 5.91 Å². The van der Waals surface area contributed by atoms with Crippen LogP contribution in [0.2, 0.25) is 0 Å². The van der Waals surface area contributed by atoms with Crippen LogP contribution >= 0.6 is 0 Å². The first kappa shape index (κ1) is 25.6. The van der Waals surface area contributed by atoms with E-state index in [1.165, 1.54) is 6.33 Å². The SMILES string of the molecule is CCC(=O)Nc1ccc2c(c1)OC[C@H](C)N(Cc1cncnc1)C[C@@H](C)[C@@H](OC)CN(C)C2=O. The number of nitrogens with zero attached hydrogens (tertiary/aromatic N) is 4. The lowest BCUT2D eigenvalue weighted by atomic mass is 10.0. The summed E-state index contributed by atoms with van der Waals surface area (Å²) in [6.07, 6.45) is 5.39. The summed E-state index contributed by atoms with van der Waals surface area (Å²) < 4.78 is 12.0. The summed E-state index contributed by atoms with van der Waals surface area (Å²) in [5.41, 5.74) is 2.07. The van der Waals surface area contributed by atoms with Gasteiger partial charge < -0.3 is 19.7 Å². The summed E-state index contributed by atoms with van der Waals surface area (Å²) in [6.45, 7) is 8.25. The molecule has 0 saturated carbocycles. The molecule has 0 radical (unpaired) electrons. The van der Waals surface area contributed by atoms with Gasteiger partial charge in [-0.05, 0) is 25.0 Å². The molecule has 3 rings (SSSR count). The average Bonchev–Trinajstić information content (AvgIpc) is 2.84. The molecule has 1 aromatic carbocycles. The molecule has 2 aromatic rings. The first-order valence-electron chi connectivity index (χ1n) is 11.6. The van der Waals surface area contributed by atoms with Crippen molar-refractivity contribution in [2.75, 3.05) is 39.2 Å². The number of amides is 2. The first-order valence-corrected chi connectivity index (χ1v) is 11.6. The van der Waals surface area contributed by atoms with Crippen molar-refractivity contribution >= 4 is 17.5 Å². The second-order valence-corrected chi connectivity index (χ2v) is 8.89. The standard InChI is InChI=1S/C25H35N5O4/c1-6-24(31)28-20-7-8-21-22(9-20)34-15-18(3)30(13-19-10-26-16-27-11-19)12-17(2)23(33-5)14-29(4)25(21)32/h7-11,16-18,23H,6,12-15H2,1-5H3,(H,28,31)/t17-,18+,23+/m1/s1. The molecule has 1 aliphatic heterocycles. The van der Waals surface area contributed by atoms with Crippen LogP contribution in [0.4, 0.5) is 5.69 Å². The first-order chi connectivity index (χ1) is 16.3. The summed E-state index contributed by atoms with van der Waals surface area (Å²) in [6, 6.07) is 5.20. The topological polar surface area (TPSA) is 96.9 Å². The number of anilines is 1. The number of methoxy groups -OCH3 is 1. The predicted octanol–water partition coefficient (Wildman–Crippen LogP) is 2.83. The molecule has 2 heterocycles. The quantitative estimate of drug-likeness (QED) is 0.719. The second-order valence-electron chi connectivity index (χ2n) is 8.89. The van der Waals surface area contributed by atoms with Gasteiger partial charge in [0.1, 0.15) is 18.7 Å². The van der Waals surface area contributed by atoms with E-state index in [9.17, 15) is 9.59 Å². The highest BCUT2D eigenvalue weighted by Crippen LogP contribution is 2.27. The largest absolute Gasteiger partial charge is 0.491 e. The Kier molecular flexibility index (Phi) is 8.95. The third-order valence-corrected chi connectivity index (χ3v) is 6.18. The number of hydrogen-bond donors (Lipinski definition) is 1. The minimum atomic E-state index is -0.149. The summed E-state index contributed by atoms with van der Waals surface area (Å²) >= 11 is 0. The molecule has 0 saturated heterocycles. The Hall–Kier alpha value is -3.04. The second kappa shape index (κ2) is 11.9. The molecular formula is C25H35N5O4. The highest BCUT2D eigenvalue weighted by atomic mass is 16.5. The molecule has 9 heteroatoms. The van der Waals surface area contributed by atoms with Crippen LogP contribution in [-0.2, 0) is 16.1 Å². The van der Waals surface area contributed by atoms with E-state index in [-0.39, 0.29) is 29.9 Å². The van der Waals surface area contributed by atoms with Gasteiger partial charge in [-0.2, -0.15) is 0 Å². The van der Waals surface area contributed by atoms with E-state index in [2.05, 4.69) is 34.0 Å². The number of aromatic nitrogens is 2. The van der Waals surface area contributed by atoms with Crippen LogP contribution in [0.25, 0.3) is 0 Å².